The molecule has 4 N–H and O–H groups in total. The number of nitrogens with two attached hydrogens (primary N) is 1. The van der Waals surface area contributed by atoms with Gasteiger partial charge < -0.3 is 25.5 Å². The van der Waals surface area contributed by atoms with Gasteiger partial charge in [0.05, 0.1) is 18.5 Å². The summed E-state index contributed by atoms with van der Waals surface area (Å²) in [6, 6.07) is 13.8. The molecular formula is C19H18N4O4. The Hall–Kier alpha value is -3.81. The molecule has 2 aromatic heterocycles. The summed E-state index contributed by atoms with van der Waals surface area (Å²) in [7, 11) is 1.44. The minimum Gasteiger partial charge on any atom is -0.493 e. The van der Waals surface area contributed by atoms with Crippen molar-refractivity contribution in [3.63, 3.8) is 0 Å². The normalized spacial score (nSPS) is 10.3. The molecule has 27 heavy (non-hydrogen) atoms. The summed E-state index contributed by atoms with van der Waals surface area (Å²) in [6.07, 6.45) is 1.70. The number of H-pyrrole nitrogens is 1. The number of nitrogens with zero attached hydrogens (tertiary/aromatic N) is 1. The van der Waals surface area contributed by atoms with Gasteiger partial charge in [0.25, 0.3) is 11.8 Å². The number of hydrogen-bond donors (Lipinski definition) is 3. The molecule has 0 saturated heterocycles. The standard InChI is InChI=1S/C19H18N4O4/c1-26-16-10-12(5-7-15(16)27-11-17(20)24)19(25)23-18-8-6-14(22-18)13-4-2-3-9-21-13/h2-10,22H,11H2,1H3,(H2,20,24)(H,23,25). The first-order valence-electron chi connectivity index (χ1n) is 8.07. The maximum Gasteiger partial charge on any atom is 0.256 e. The predicted octanol–water partition coefficient (Wildman–Crippen LogP) is 2.20. The lowest BCUT2D eigenvalue weighted by molar-refractivity contribution is -0.119. The summed E-state index contributed by atoms with van der Waals surface area (Å²) in [4.78, 5) is 30.7. The van der Waals surface area contributed by atoms with E-state index in [0.717, 1.165) is 11.4 Å². The zero-order valence-electron chi connectivity index (χ0n) is 14.6. The number of benzene rings is 1. The quantitative estimate of drug-likeness (QED) is 0.592. The molecule has 0 aliphatic heterocycles. The van der Waals surface area contributed by atoms with Crippen LogP contribution >= 0.6 is 0 Å². The topological polar surface area (TPSA) is 119 Å². The highest BCUT2D eigenvalue weighted by molar-refractivity contribution is 6.04. The number of aromatic amines is 1. The molecule has 0 saturated carbocycles. The molecule has 2 heterocycles. The average molecular weight is 366 g/mol. The van der Waals surface area contributed by atoms with Crippen LogP contribution < -0.4 is 20.5 Å². The number of rotatable bonds is 7. The van der Waals surface area contributed by atoms with Gasteiger partial charge >= 0.3 is 0 Å². The SMILES string of the molecule is COc1cc(C(=O)Nc2ccc(-c3ccccn3)[nH]2)ccc1OCC(N)=O. The van der Waals surface area contributed by atoms with Crippen molar-refractivity contribution in [1.82, 2.24) is 9.97 Å². The van der Waals surface area contributed by atoms with E-state index in [4.69, 9.17) is 15.2 Å². The number of aromatic nitrogens is 2. The van der Waals surface area contributed by atoms with Crippen LogP contribution in [0.2, 0.25) is 0 Å². The Balaban J connectivity index is 1.72. The minimum absolute atomic E-state index is 0.277. The van der Waals surface area contributed by atoms with Crippen LogP contribution in [-0.4, -0.2) is 35.5 Å². The molecule has 0 atom stereocenters. The van der Waals surface area contributed by atoms with E-state index in [0.29, 0.717) is 22.9 Å². The van der Waals surface area contributed by atoms with E-state index in [1.54, 1.807) is 24.4 Å². The fourth-order valence-electron chi connectivity index (χ4n) is 2.41. The summed E-state index contributed by atoms with van der Waals surface area (Å²) < 4.78 is 10.5. The van der Waals surface area contributed by atoms with Crippen LogP contribution in [0.3, 0.4) is 0 Å². The lowest BCUT2D eigenvalue weighted by Gasteiger charge is -2.11. The van der Waals surface area contributed by atoms with E-state index < -0.39 is 5.91 Å². The number of carbonyl (C=O) groups excluding carboxylic acids is 2. The zero-order valence-corrected chi connectivity index (χ0v) is 14.6. The fraction of sp³-hybridized carbons (Fsp3) is 0.105. The Morgan fingerprint density at radius 1 is 1.15 bits per heavy atom. The van der Waals surface area contributed by atoms with Crippen molar-refractivity contribution in [2.75, 3.05) is 19.0 Å². The van der Waals surface area contributed by atoms with Crippen molar-refractivity contribution >= 4 is 17.6 Å². The van der Waals surface area contributed by atoms with Crippen LogP contribution in [0.5, 0.6) is 11.5 Å². The molecule has 2 amide bonds. The lowest BCUT2D eigenvalue weighted by Crippen LogP contribution is -2.20. The molecule has 3 rings (SSSR count). The molecule has 0 fully saturated rings. The van der Waals surface area contributed by atoms with E-state index in [1.165, 1.54) is 13.2 Å². The first-order valence-corrected chi connectivity index (χ1v) is 8.07. The first-order chi connectivity index (χ1) is 13.1. The van der Waals surface area contributed by atoms with Gasteiger partial charge in [-0.25, -0.2) is 0 Å². The first kappa shape index (κ1) is 18.0. The molecule has 8 heteroatoms. The van der Waals surface area contributed by atoms with Crippen LogP contribution in [0.4, 0.5) is 5.82 Å². The Labute approximate surface area is 155 Å². The molecule has 0 aliphatic rings. The monoisotopic (exact) mass is 366 g/mol. The molecule has 0 aliphatic carbocycles. The summed E-state index contributed by atoms with van der Waals surface area (Å²) in [5.41, 5.74) is 7.00. The summed E-state index contributed by atoms with van der Waals surface area (Å²) in [6.45, 7) is -0.277. The number of methoxy groups -OCH3 is 1. The van der Waals surface area contributed by atoms with Gasteiger partial charge in [-0.1, -0.05) is 6.07 Å². The third-order valence-electron chi connectivity index (χ3n) is 3.67. The van der Waals surface area contributed by atoms with E-state index in [-0.39, 0.29) is 12.5 Å². The Morgan fingerprint density at radius 2 is 2.00 bits per heavy atom. The highest BCUT2D eigenvalue weighted by atomic mass is 16.5. The third kappa shape index (κ3) is 4.43. The summed E-state index contributed by atoms with van der Waals surface area (Å²) >= 11 is 0. The number of ether oxygens (including phenoxy) is 2. The maximum atomic E-state index is 12.5. The molecular weight excluding hydrogens is 348 g/mol. The summed E-state index contributed by atoms with van der Waals surface area (Å²) in [5, 5.41) is 2.78. The molecule has 8 nitrogen and oxygen atoms in total. The van der Waals surface area contributed by atoms with Gasteiger partial charge in [0.1, 0.15) is 5.82 Å². The van der Waals surface area contributed by atoms with Crippen molar-refractivity contribution in [2.24, 2.45) is 5.73 Å². The largest absolute Gasteiger partial charge is 0.493 e. The average Bonchev–Trinajstić information content (AvgIpc) is 3.15. The van der Waals surface area contributed by atoms with Crippen LogP contribution in [-0.2, 0) is 4.79 Å². The molecule has 0 spiro atoms. The number of primary amides is 1. The van der Waals surface area contributed by atoms with Crippen LogP contribution in [0.25, 0.3) is 11.4 Å². The molecule has 0 radical (unpaired) electrons. The van der Waals surface area contributed by atoms with Gasteiger partial charge in [0, 0.05) is 11.8 Å². The Morgan fingerprint density at radius 3 is 2.70 bits per heavy atom. The van der Waals surface area contributed by atoms with E-state index in [1.807, 2.05) is 24.3 Å². The predicted molar refractivity (Wildman–Crippen MR) is 99.7 cm³/mol. The lowest BCUT2D eigenvalue weighted by atomic mass is 10.2. The maximum absolute atomic E-state index is 12.5. The van der Waals surface area contributed by atoms with Gasteiger partial charge in [-0.3, -0.25) is 14.6 Å². The van der Waals surface area contributed by atoms with Crippen molar-refractivity contribution in [3.8, 4) is 22.9 Å². The van der Waals surface area contributed by atoms with Crippen molar-refractivity contribution in [3.05, 3.63) is 60.3 Å². The molecule has 138 valence electrons. The van der Waals surface area contributed by atoms with E-state index in [2.05, 4.69) is 15.3 Å². The van der Waals surface area contributed by atoms with Gasteiger partial charge in [0.2, 0.25) is 0 Å². The highest BCUT2D eigenvalue weighted by Crippen LogP contribution is 2.28. The Bertz CT molecular complexity index is 953. The van der Waals surface area contributed by atoms with Crippen LogP contribution in [0.1, 0.15) is 10.4 Å². The highest BCUT2D eigenvalue weighted by Gasteiger charge is 2.13. The van der Waals surface area contributed by atoms with Gasteiger partial charge in [-0.2, -0.15) is 0 Å². The minimum atomic E-state index is -0.602. The van der Waals surface area contributed by atoms with Gasteiger partial charge in [0.15, 0.2) is 18.1 Å². The number of carbonyl (C=O) groups is 2. The number of hydrogen-bond acceptors (Lipinski definition) is 5. The van der Waals surface area contributed by atoms with E-state index in [9.17, 15) is 9.59 Å². The number of anilines is 1. The third-order valence-corrected chi connectivity index (χ3v) is 3.67. The molecule has 0 bridgehead atoms. The van der Waals surface area contributed by atoms with E-state index >= 15 is 0 Å². The second-order valence-corrected chi connectivity index (χ2v) is 5.58. The van der Waals surface area contributed by atoms with Crippen molar-refractivity contribution in [2.45, 2.75) is 0 Å². The van der Waals surface area contributed by atoms with Crippen molar-refractivity contribution < 1.29 is 19.1 Å². The molecule has 1 aromatic carbocycles. The van der Waals surface area contributed by atoms with Crippen LogP contribution in [0, 0.1) is 0 Å². The summed E-state index contributed by atoms with van der Waals surface area (Å²) in [5.74, 6) is 0.252. The number of pyridine rings is 1. The number of nitrogens with one attached hydrogen (secondary N) is 2. The van der Waals surface area contributed by atoms with Crippen LogP contribution in [0.15, 0.2) is 54.7 Å². The zero-order chi connectivity index (χ0) is 19.2. The van der Waals surface area contributed by atoms with Gasteiger partial charge in [-0.15, -0.1) is 0 Å². The molecule has 0 unspecified atom stereocenters. The van der Waals surface area contributed by atoms with Gasteiger partial charge in [-0.05, 0) is 42.5 Å². The number of amides is 2. The Kier molecular flexibility index (Phi) is 5.36. The molecule has 3 aromatic rings. The smallest absolute Gasteiger partial charge is 0.256 e. The fourth-order valence-corrected chi connectivity index (χ4v) is 2.41. The second-order valence-electron chi connectivity index (χ2n) is 5.58. The van der Waals surface area contributed by atoms with Crippen molar-refractivity contribution in [1.29, 1.82) is 0 Å². The second kappa shape index (κ2) is 8.05.